The zero-order valence-corrected chi connectivity index (χ0v) is 11.7. The minimum absolute atomic E-state index is 0.123. The van der Waals surface area contributed by atoms with Crippen molar-refractivity contribution in [2.45, 2.75) is 44.5 Å². The molecule has 4 nitrogen and oxygen atoms in total. The first-order valence-electron chi connectivity index (χ1n) is 7.28. The van der Waals surface area contributed by atoms with Gasteiger partial charge in [0.05, 0.1) is 12.7 Å². The van der Waals surface area contributed by atoms with E-state index in [1.54, 1.807) is 31.4 Å². The van der Waals surface area contributed by atoms with Crippen molar-refractivity contribution in [1.82, 2.24) is 0 Å². The first-order valence-corrected chi connectivity index (χ1v) is 7.28. The molecule has 1 aromatic carbocycles. The van der Waals surface area contributed by atoms with Crippen LogP contribution in [-0.2, 0) is 9.47 Å². The fourth-order valence-electron chi connectivity index (χ4n) is 2.90. The minimum Gasteiger partial charge on any atom is -0.497 e. The van der Waals surface area contributed by atoms with E-state index in [4.69, 9.17) is 14.2 Å². The van der Waals surface area contributed by atoms with Gasteiger partial charge in [-0.25, -0.2) is 4.79 Å². The summed E-state index contributed by atoms with van der Waals surface area (Å²) >= 11 is 0. The zero-order chi connectivity index (χ0) is 13.9. The molecule has 0 aromatic heterocycles. The first-order chi connectivity index (χ1) is 9.78. The van der Waals surface area contributed by atoms with Crippen LogP contribution < -0.4 is 4.74 Å². The number of methoxy groups -OCH3 is 1. The predicted octanol–water partition coefficient (Wildman–Crippen LogP) is 3.16. The Morgan fingerprint density at radius 3 is 2.50 bits per heavy atom. The SMILES string of the molecule is COc1ccc(C(=O)O[C@@H]2O[C@@H]2C2CCCCC2)cc1. The van der Waals surface area contributed by atoms with Gasteiger partial charge in [0.2, 0.25) is 6.29 Å². The van der Waals surface area contributed by atoms with Crippen LogP contribution in [0.1, 0.15) is 42.5 Å². The lowest BCUT2D eigenvalue weighted by Crippen LogP contribution is -2.17. The number of carbonyl (C=O) groups is 1. The van der Waals surface area contributed by atoms with Crippen LogP contribution in [0.4, 0.5) is 0 Å². The highest BCUT2D eigenvalue weighted by Crippen LogP contribution is 2.39. The maximum absolute atomic E-state index is 12.0. The highest BCUT2D eigenvalue weighted by Gasteiger charge is 2.48. The molecule has 3 rings (SSSR count). The van der Waals surface area contributed by atoms with Crippen LogP contribution in [0.5, 0.6) is 5.75 Å². The summed E-state index contributed by atoms with van der Waals surface area (Å²) in [5.41, 5.74) is 0.531. The fourth-order valence-corrected chi connectivity index (χ4v) is 2.90. The van der Waals surface area contributed by atoms with Crippen molar-refractivity contribution in [3.8, 4) is 5.75 Å². The van der Waals surface area contributed by atoms with Gasteiger partial charge in [0.25, 0.3) is 0 Å². The molecule has 1 aliphatic heterocycles. The van der Waals surface area contributed by atoms with Gasteiger partial charge in [0.15, 0.2) is 0 Å². The Bertz CT molecular complexity index is 462. The van der Waals surface area contributed by atoms with Crippen LogP contribution in [-0.4, -0.2) is 25.5 Å². The number of rotatable bonds is 4. The van der Waals surface area contributed by atoms with Crippen LogP contribution in [0.15, 0.2) is 24.3 Å². The van der Waals surface area contributed by atoms with Gasteiger partial charge in [-0.1, -0.05) is 19.3 Å². The largest absolute Gasteiger partial charge is 0.497 e. The van der Waals surface area contributed by atoms with Crippen molar-refractivity contribution in [1.29, 1.82) is 0 Å². The Morgan fingerprint density at radius 1 is 1.15 bits per heavy atom. The summed E-state index contributed by atoms with van der Waals surface area (Å²) in [7, 11) is 1.60. The molecule has 4 heteroatoms. The third-order valence-electron chi connectivity index (χ3n) is 4.15. The quantitative estimate of drug-likeness (QED) is 0.626. The van der Waals surface area contributed by atoms with E-state index in [2.05, 4.69) is 0 Å². The summed E-state index contributed by atoms with van der Waals surface area (Å²) in [4.78, 5) is 12.0. The normalized spacial score (nSPS) is 26.1. The van der Waals surface area contributed by atoms with Crippen molar-refractivity contribution in [2.24, 2.45) is 5.92 Å². The van der Waals surface area contributed by atoms with E-state index in [0.717, 1.165) is 5.75 Å². The number of hydrogen-bond acceptors (Lipinski definition) is 4. The van der Waals surface area contributed by atoms with Gasteiger partial charge in [-0.3, -0.25) is 0 Å². The van der Waals surface area contributed by atoms with E-state index in [-0.39, 0.29) is 18.4 Å². The Hall–Kier alpha value is -1.55. The minimum atomic E-state index is -0.340. The number of hydrogen-bond donors (Lipinski definition) is 0. The molecule has 0 unspecified atom stereocenters. The Morgan fingerprint density at radius 2 is 1.85 bits per heavy atom. The van der Waals surface area contributed by atoms with Crippen LogP contribution in [0.25, 0.3) is 0 Å². The van der Waals surface area contributed by atoms with Gasteiger partial charge < -0.3 is 14.2 Å². The summed E-state index contributed by atoms with van der Waals surface area (Å²) in [6, 6.07) is 6.92. The molecule has 0 N–H and O–H groups in total. The molecule has 2 fully saturated rings. The molecule has 0 spiro atoms. The van der Waals surface area contributed by atoms with Crippen molar-refractivity contribution >= 4 is 5.97 Å². The van der Waals surface area contributed by atoms with Gasteiger partial charge in [-0.2, -0.15) is 0 Å². The molecular weight excluding hydrogens is 256 g/mol. The average Bonchev–Trinajstić information content (AvgIpc) is 3.27. The monoisotopic (exact) mass is 276 g/mol. The second kappa shape index (κ2) is 5.83. The van der Waals surface area contributed by atoms with Gasteiger partial charge in [-0.05, 0) is 43.0 Å². The highest BCUT2D eigenvalue weighted by atomic mass is 16.8. The van der Waals surface area contributed by atoms with Gasteiger partial charge in [0.1, 0.15) is 11.9 Å². The van der Waals surface area contributed by atoms with Crippen LogP contribution in [0.3, 0.4) is 0 Å². The van der Waals surface area contributed by atoms with Gasteiger partial charge in [-0.15, -0.1) is 0 Å². The average molecular weight is 276 g/mol. The fraction of sp³-hybridized carbons (Fsp3) is 0.562. The first kappa shape index (κ1) is 13.4. The second-order valence-corrected chi connectivity index (χ2v) is 5.50. The van der Waals surface area contributed by atoms with Crippen LogP contribution in [0, 0.1) is 5.92 Å². The topological polar surface area (TPSA) is 48.1 Å². The lowest BCUT2D eigenvalue weighted by Gasteiger charge is -2.19. The Balaban J connectivity index is 1.52. The maximum atomic E-state index is 12.0. The molecule has 1 saturated heterocycles. The number of ether oxygens (including phenoxy) is 3. The van der Waals surface area contributed by atoms with Crippen molar-refractivity contribution in [3.05, 3.63) is 29.8 Å². The summed E-state index contributed by atoms with van der Waals surface area (Å²) in [5.74, 6) is 0.970. The molecule has 1 aliphatic carbocycles. The highest BCUT2D eigenvalue weighted by molar-refractivity contribution is 5.89. The summed E-state index contributed by atoms with van der Waals surface area (Å²) in [6.07, 6.45) is 6.03. The van der Waals surface area contributed by atoms with Crippen molar-refractivity contribution < 1.29 is 19.0 Å². The lowest BCUT2D eigenvalue weighted by atomic mass is 9.87. The number of epoxide rings is 1. The number of benzene rings is 1. The van der Waals surface area contributed by atoms with Gasteiger partial charge in [0, 0.05) is 0 Å². The second-order valence-electron chi connectivity index (χ2n) is 5.50. The summed E-state index contributed by atoms with van der Waals surface area (Å²) in [6.45, 7) is 0. The molecule has 108 valence electrons. The van der Waals surface area contributed by atoms with E-state index in [1.165, 1.54) is 32.1 Å². The van der Waals surface area contributed by atoms with E-state index < -0.39 is 0 Å². The number of carbonyl (C=O) groups excluding carboxylic acids is 1. The Labute approximate surface area is 119 Å². The number of esters is 1. The molecule has 1 heterocycles. The maximum Gasteiger partial charge on any atom is 0.340 e. The summed E-state index contributed by atoms with van der Waals surface area (Å²) < 4.78 is 16.0. The van der Waals surface area contributed by atoms with E-state index in [1.807, 2.05) is 0 Å². The zero-order valence-electron chi connectivity index (χ0n) is 11.7. The van der Waals surface area contributed by atoms with E-state index in [0.29, 0.717) is 11.5 Å². The molecule has 2 atom stereocenters. The predicted molar refractivity (Wildman–Crippen MR) is 73.6 cm³/mol. The molecule has 20 heavy (non-hydrogen) atoms. The van der Waals surface area contributed by atoms with Crippen LogP contribution in [0.2, 0.25) is 0 Å². The van der Waals surface area contributed by atoms with E-state index >= 15 is 0 Å². The Kier molecular flexibility index (Phi) is 3.92. The molecule has 1 saturated carbocycles. The molecule has 0 amide bonds. The summed E-state index contributed by atoms with van der Waals surface area (Å²) in [5, 5.41) is 0. The lowest BCUT2D eigenvalue weighted by molar-refractivity contribution is 0.0296. The molecule has 2 aliphatic rings. The van der Waals surface area contributed by atoms with Crippen molar-refractivity contribution in [2.75, 3.05) is 7.11 Å². The molecule has 0 radical (unpaired) electrons. The standard InChI is InChI=1S/C16H20O4/c1-18-13-9-7-12(8-10-13)15(17)20-16-14(19-16)11-5-3-2-4-6-11/h7-11,14,16H,2-6H2,1H3/t14-,16+/m1/s1. The van der Waals surface area contributed by atoms with Gasteiger partial charge >= 0.3 is 5.97 Å². The van der Waals surface area contributed by atoms with Crippen molar-refractivity contribution in [3.63, 3.8) is 0 Å². The van der Waals surface area contributed by atoms with E-state index in [9.17, 15) is 4.79 Å². The smallest absolute Gasteiger partial charge is 0.340 e. The third kappa shape index (κ3) is 2.96. The molecular formula is C16H20O4. The van der Waals surface area contributed by atoms with Crippen LogP contribution >= 0.6 is 0 Å². The molecule has 1 aromatic rings. The molecule has 0 bridgehead atoms. The third-order valence-corrected chi connectivity index (χ3v) is 4.15.